The molecule has 6 heteroatoms. The number of carbonyl (C=O) groups is 3. The topological polar surface area (TPSA) is 72.5 Å². The van der Waals surface area contributed by atoms with Gasteiger partial charge in [-0.15, -0.1) is 11.3 Å². The highest BCUT2D eigenvalue weighted by molar-refractivity contribution is 7.14. The van der Waals surface area contributed by atoms with Gasteiger partial charge in [-0.1, -0.05) is 12.1 Å². The summed E-state index contributed by atoms with van der Waals surface area (Å²) in [5.74, 6) is -0.987. The number of amides is 1. The Morgan fingerprint density at radius 2 is 2.00 bits per heavy atom. The van der Waals surface area contributed by atoms with Crippen molar-refractivity contribution in [3.05, 3.63) is 51.2 Å². The Balaban J connectivity index is 1.61. The number of carbonyl (C=O) groups excluding carboxylic acids is 3. The minimum Gasteiger partial charge on any atom is -0.448 e. The lowest BCUT2D eigenvalue weighted by Crippen LogP contribution is -2.29. The second-order valence-corrected chi connectivity index (χ2v) is 7.22. The SMILES string of the molecule is CC(=O)c1cccc(NC(=O)[C@H](C)OC(=O)c2cc3c(s2)CCC3)c1. The molecule has 1 aliphatic carbocycles. The number of fused-ring (bicyclic) bond motifs is 1. The summed E-state index contributed by atoms with van der Waals surface area (Å²) >= 11 is 1.45. The maximum Gasteiger partial charge on any atom is 0.349 e. The average Bonchev–Trinajstić information content (AvgIpc) is 3.16. The van der Waals surface area contributed by atoms with Crippen LogP contribution in [0.15, 0.2) is 30.3 Å². The lowest BCUT2D eigenvalue weighted by atomic mass is 10.1. The van der Waals surface area contributed by atoms with Gasteiger partial charge in [-0.05, 0) is 56.9 Å². The molecule has 0 fully saturated rings. The molecule has 0 unspecified atom stereocenters. The van der Waals surface area contributed by atoms with Crippen LogP contribution in [0.2, 0.25) is 0 Å². The second kappa shape index (κ2) is 7.19. The molecular formula is C19H19NO4S. The molecule has 0 radical (unpaired) electrons. The Bertz CT molecular complexity index is 818. The van der Waals surface area contributed by atoms with Crippen molar-refractivity contribution in [2.24, 2.45) is 0 Å². The molecule has 2 aromatic rings. The number of esters is 1. The Kier molecular flexibility index (Phi) is 4.99. The normalized spacial score (nSPS) is 13.8. The van der Waals surface area contributed by atoms with Crippen LogP contribution in [0.4, 0.5) is 5.69 Å². The van der Waals surface area contributed by atoms with E-state index in [1.807, 2.05) is 6.07 Å². The van der Waals surface area contributed by atoms with Gasteiger partial charge in [0.05, 0.1) is 0 Å². The van der Waals surface area contributed by atoms with E-state index in [4.69, 9.17) is 4.74 Å². The van der Waals surface area contributed by atoms with Crippen molar-refractivity contribution >= 4 is 34.7 Å². The third kappa shape index (κ3) is 3.96. The molecule has 5 nitrogen and oxygen atoms in total. The molecule has 0 saturated heterocycles. The van der Waals surface area contributed by atoms with E-state index in [1.54, 1.807) is 24.3 Å². The smallest absolute Gasteiger partial charge is 0.349 e. The lowest BCUT2D eigenvalue weighted by molar-refractivity contribution is -0.123. The van der Waals surface area contributed by atoms with Crippen LogP contribution in [0.5, 0.6) is 0 Å². The van der Waals surface area contributed by atoms with E-state index in [0.717, 1.165) is 19.3 Å². The molecule has 130 valence electrons. The van der Waals surface area contributed by atoms with E-state index in [2.05, 4.69) is 5.32 Å². The molecule has 1 amide bonds. The Hall–Kier alpha value is -2.47. The highest BCUT2D eigenvalue weighted by Crippen LogP contribution is 2.31. The van der Waals surface area contributed by atoms with Crippen LogP contribution >= 0.6 is 11.3 Å². The van der Waals surface area contributed by atoms with Crippen LogP contribution in [0, 0.1) is 0 Å². The van der Waals surface area contributed by atoms with Gasteiger partial charge in [0.2, 0.25) is 0 Å². The van der Waals surface area contributed by atoms with Crippen molar-refractivity contribution < 1.29 is 19.1 Å². The number of Topliss-reactive ketones (excluding diaryl/α,β-unsaturated/α-hetero) is 1. The van der Waals surface area contributed by atoms with Gasteiger partial charge in [-0.3, -0.25) is 9.59 Å². The van der Waals surface area contributed by atoms with Crippen LogP contribution in [0.3, 0.4) is 0 Å². The first-order valence-electron chi connectivity index (χ1n) is 8.18. The molecule has 1 aliphatic rings. The largest absolute Gasteiger partial charge is 0.448 e. The summed E-state index contributed by atoms with van der Waals surface area (Å²) in [6.07, 6.45) is 2.22. The number of thiophene rings is 1. The van der Waals surface area contributed by atoms with E-state index < -0.39 is 18.0 Å². The van der Waals surface area contributed by atoms with Crippen LogP contribution in [-0.2, 0) is 22.4 Å². The van der Waals surface area contributed by atoms with Gasteiger partial charge in [0.25, 0.3) is 5.91 Å². The summed E-state index contributed by atoms with van der Waals surface area (Å²) in [5.41, 5.74) is 2.22. The van der Waals surface area contributed by atoms with Crippen LogP contribution in [0.25, 0.3) is 0 Å². The number of ether oxygens (including phenoxy) is 1. The molecule has 3 rings (SSSR count). The van der Waals surface area contributed by atoms with Crippen LogP contribution in [-0.4, -0.2) is 23.8 Å². The van der Waals surface area contributed by atoms with Crippen molar-refractivity contribution in [1.82, 2.24) is 0 Å². The Morgan fingerprint density at radius 3 is 2.72 bits per heavy atom. The first-order chi connectivity index (χ1) is 11.9. The zero-order chi connectivity index (χ0) is 18.0. The number of hydrogen-bond acceptors (Lipinski definition) is 5. The predicted molar refractivity (Wildman–Crippen MR) is 96.3 cm³/mol. The van der Waals surface area contributed by atoms with Crippen molar-refractivity contribution in [1.29, 1.82) is 0 Å². The number of rotatable bonds is 5. The first-order valence-corrected chi connectivity index (χ1v) is 9.00. The summed E-state index contributed by atoms with van der Waals surface area (Å²) in [4.78, 5) is 37.6. The Labute approximate surface area is 150 Å². The number of benzene rings is 1. The van der Waals surface area contributed by atoms with Gasteiger partial charge in [0.15, 0.2) is 11.9 Å². The third-order valence-electron chi connectivity index (χ3n) is 4.14. The lowest BCUT2D eigenvalue weighted by Gasteiger charge is -2.13. The number of nitrogens with one attached hydrogen (secondary N) is 1. The molecule has 1 aromatic carbocycles. The fraction of sp³-hybridized carbons (Fsp3) is 0.316. The number of hydrogen-bond donors (Lipinski definition) is 1. The van der Waals surface area contributed by atoms with Crippen LogP contribution in [0.1, 0.15) is 50.7 Å². The minimum atomic E-state index is -0.926. The summed E-state index contributed by atoms with van der Waals surface area (Å²) in [6.45, 7) is 2.99. The number of aryl methyl sites for hydroxylation is 2. The number of anilines is 1. The van der Waals surface area contributed by atoms with E-state index in [0.29, 0.717) is 16.1 Å². The second-order valence-electron chi connectivity index (χ2n) is 6.09. The van der Waals surface area contributed by atoms with E-state index in [1.165, 1.54) is 35.6 Å². The Morgan fingerprint density at radius 1 is 1.20 bits per heavy atom. The average molecular weight is 357 g/mol. The molecule has 0 bridgehead atoms. The highest BCUT2D eigenvalue weighted by Gasteiger charge is 2.23. The quantitative estimate of drug-likeness (QED) is 0.655. The van der Waals surface area contributed by atoms with Crippen molar-refractivity contribution in [3.8, 4) is 0 Å². The van der Waals surface area contributed by atoms with Gasteiger partial charge in [0.1, 0.15) is 4.88 Å². The molecule has 1 atom stereocenters. The van der Waals surface area contributed by atoms with Gasteiger partial charge in [-0.2, -0.15) is 0 Å². The molecule has 0 spiro atoms. The van der Waals surface area contributed by atoms with Gasteiger partial charge in [-0.25, -0.2) is 4.79 Å². The molecule has 1 N–H and O–H groups in total. The van der Waals surface area contributed by atoms with Crippen molar-refractivity contribution in [2.45, 2.75) is 39.2 Å². The van der Waals surface area contributed by atoms with E-state index in [9.17, 15) is 14.4 Å². The van der Waals surface area contributed by atoms with Gasteiger partial charge in [0, 0.05) is 16.1 Å². The molecular weight excluding hydrogens is 338 g/mol. The monoisotopic (exact) mass is 357 g/mol. The molecule has 25 heavy (non-hydrogen) atoms. The minimum absolute atomic E-state index is 0.0821. The van der Waals surface area contributed by atoms with E-state index in [-0.39, 0.29) is 5.78 Å². The number of ketones is 1. The highest BCUT2D eigenvalue weighted by atomic mass is 32.1. The fourth-order valence-electron chi connectivity index (χ4n) is 2.76. The van der Waals surface area contributed by atoms with Crippen LogP contribution < -0.4 is 5.32 Å². The van der Waals surface area contributed by atoms with Gasteiger partial charge < -0.3 is 10.1 Å². The molecule has 0 saturated carbocycles. The van der Waals surface area contributed by atoms with E-state index >= 15 is 0 Å². The maximum absolute atomic E-state index is 12.2. The van der Waals surface area contributed by atoms with Crippen molar-refractivity contribution in [3.63, 3.8) is 0 Å². The predicted octanol–water partition coefficient (Wildman–Crippen LogP) is 3.62. The molecule has 1 aromatic heterocycles. The summed E-state index contributed by atoms with van der Waals surface area (Å²) in [7, 11) is 0. The zero-order valence-electron chi connectivity index (χ0n) is 14.1. The zero-order valence-corrected chi connectivity index (χ0v) is 14.9. The molecule has 0 aliphatic heterocycles. The standard InChI is InChI=1S/C19H19NO4S/c1-11(21)13-5-3-7-15(9-13)20-18(22)12(2)24-19(23)17-10-14-6-4-8-16(14)25-17/h3,5,7,9-10,12H,4,6,8H2,1-2H3,(H,20,22)/t12-/m0/s1. The summed E-state index contributed by atoms with van der Waals surface area (Å²) in [6, 6.07) is 8.52. The third-order valence-corrected chi connectivity index (χ3v) is 5.35. The first kappa shape index (κ1) is 17.4. The maximum atomic E-state index is 12.2. The molecule has 1 heterocycles. The summed E-state index contributed by atoms with van der Waals surface area (Å²) < 4.78 is 5.28. The fourth-order valence-corrected chi connectivity index (χ4v) is 3.90. The van der Waals surface area contributed by atoms with Crippen molar-refractivity contribution in [2.75, 3.05) is 5.32 Å². The summed E-state index contributed by atoms with van der Waals surface area (Å²) in [5, 5.41) is 2.67. The van der Waals surface area contributed by atoms with Gasteiger partial charge >= 0.3 is 5.97 Å².